The lowest BCUT2D eigenvalue weighted by Crippen LogP contribution is -2.39. The van der Waals surface area contributed by atoms with Crippen LogP contribution in [0.5, 0.6) is 0 Å². The summed E-state index contributed by atoms with van der Waals surface area (Å²) in [4.78, 5) is 2.37. The predicted octanol–water partition coefficient (Wildman–Crippen LogP) is 2.57. The van der Waals surface area contributed by atoms with Crippen molar-refractivity contribution in [1.82, 2.24) is 0 Å². The van der Waals surface area contributed by atoms with Crippen LogP contribution in [-0.2, 0) is 0 Å². The fourth-order valence-electron chi connectivity index (χ4n) is 2.81. The molecule has 1 aromatic rings. The van der Waals surface area contributed by atoms with Crippen LogP contribution in [0.1, 0.15) is 31.4 Å². The molecule has 1 aliphatic rings. The van der Waals surface area contributed by atoms with Crippen molar-refractivity contribution < 1.29 is 5.21 Å². The van der Waals surface area contributed by atoms with E-state index in [0.29, 0.717) is 5.92 Å². The highest BCUT2D eigenvalue weighted by molar-refractivity contribution is 6.02. The van der Waals surface area contributed by atoms with Gasteiger partial charge in [-0.25, -0.2) is 0 Å². The summed E-state index contributed by atoms with van der Waals surface area (Å²) in [5.41, 5.74) is 8.91. The molecule has 19 heavy (non-hydrogen) atoms. The summed E-state index contributed by atoms with van der Waals surface area (Å²) in [6, 6.07) is 5.94. The number of hydrogen-bond acceptors (Lipinski definition) is 3. The zero-order valence-electron chi connectivity index (χ0n) is 11.9. The highest BCUT2D eigenvalue weighted by Crippen LogP contribution is 2.31. The molecule has 0 aliphatic carbocycles. The highest BCUT2D eigenvalue weighted by Gasteiger charge is 2.25. The van der Waals surface area contributed by atoms with Crippen LogP contribution in [-0.4, -0.2) is 24.1 Å². The van der Waals surface area contributed by atoms with E-state index in [1.54, 1.807) is 0 Å². The van der Waals surface area contributed by atoms with Crippen LogP contribution in [0.3, 0.4) is 0 Å². The Morgan fingerprint density at radius 2 is 2.11 bits per heavy atom. The van der Waals surface area contributed by atoms with E-state index < -0.39 is 0 Å². The van der Waals surface area contributed by atoms with Crippen molar-refractivity contribution in [2.24, 2.45) is 22.7 Å². The van der Waals surface area contributed by atoms with Crippen LogP contribution in [0.2, 0.25) is 0 Å². The number of oxime groups is 1. The van der Waals surface area contributed by atoms with Gasteiger partial charge in [-0.3, -0.25) is 0 Å². The monoisotopic (exact) mass is 261 g/mol. The van der Waals surface area contributed by atoms with Gasteiger partial charge in [-0.1, -0.05) is 31.1 Å². The van der Waals surface area contributed by atoms with E-state index in [0.717, 1.165) is 30.3 Å². The van der Waals surface area contributed by atoms with Crippen LogP contribution in [0, 0.1) is 18.8 Å². The van der Waals surface area contributed by atoms with Gasteiger partial charge in [0.15, 0.2) is 5.84 Å². The van der Waals surface area contributed by atoms with Crippen molar-refractivity contribution in [3.8, 4) is 0 Å². The topological polar surface area (TPSA) is 61.9 Å². The highest BCUT2D eigenvalue weighted by atomic mass is 16.4. The number of nitrogens with two attached hydrogens (primary N) is 1. The van der Waals surface area contributed by atoms with Crippen molar-refractivity contribution in [2.45, 2.75) is 27.2 Å². The summed E-state index contributed by atoms with van der Waals surface area (Å²) in [7, 11) is 0. The fourth-order valence-corrected chi connectivity index (χ4v) is 2.81. The first-order valence-corrected chi connectivity index (χ1v) is 6.87. The van der Waals surface area contributed by atoms with E-state index in [4.69, 9.17) is 10.9 Å². The number of anilines is 1. The maximum Gasteiger partial charge on any atom is 0.172 e. The number of hydrogen-bond donors (Lipinski definition) is 2. The predicted molar refractivity (Wildman–Crippen MR) is 78.8 cm³/mol. The number of para-hydroxylation sites is 1. The molecule has 1 fully saturated rings. The third kappa shape index (κ3) is 2.67. The first kappa shape index (κ1) is 13.7. The van der Waals surface area contributed by atoms with Gasteiger partial charge in [0, 0.05) is 18.7 Å². The third-order valence-corrected chi connectivity index (χ3v) is 4.27. The molecule has 1 heterocycles. The Balaban J connectivity index is 2.39. The van der Waals surface area contributed by atoms with Crippen LogP contribution in [0.15, 0.2) is 23.4 Å². The molecule has 0 saturated carbocycles. The van der Waals surface area contributed by atoms with Gasteiger partial charge >= 0.3 is 0 Å². The number of aryl methyl sites for hydroxylation is 1. The first-order valence-electron chi connectivity index (χ1n) is 6.87. The van der Waals surface area contributed by atoms with Crippen molar-refractivity contribution in [3.05, 3.63) is 29.3 Å². The average molecular weight is 261 g/mol. The summed E-state index contributed by atoms with van der Waals surface area (Å²) in [5.74, 6) is 1.60. The van der Waals surface area contributed by atoms with Crippen LogP contribution in [0.25, 0.3) is 0 Å². The lowest BCUT2D eigenvalue weighted by Gasteiger charge is -2.38. The molecule has 2 unspecified atom stereocenters. The summed E-state index contributed by atoms with van der Waals surface area (Å²) in [6.07, 6.45) is 1.19. The molecule has 1 aromatic carbocycles. The molecule has 1 saturated heterocycles. The molecule has 104 valence electrons. The molecule has 0 amide bonds. The molecule has 0 spiro atoms. The Labute approximate surface area is 114 Å². The van der Waals surface area contributed by atoms with E-state index >= 15 is 0 Å². The molecule has 2 atom stereocenters. The van der Waals surface area contributed by atoms with Crippen molar-refractivity contribution >= 4 is 11.5 Å². The molecule has 0 bridgehead atoms. The largest absolute Gasteiger partial charge is 0.409 e. The lowest BCUT2D eigenvalue weighted by atomic mass is 9.88. The molecule has 3 N–H and O–H groups in total. The van der Waals surface area contributed by atoms with Gasteiger partial charge in [0.2, 0.25) is 0 Å². The fraction of sp³-hybridized carbons (Fsp3) is 0.533. The maximum atomic E-state index is 8.94. The van der Waals surface area contributed by atoms with Crippen LogP contribution >= 0.6 is 0 Å². The summed E-state index contributed by atoms with van der Waals surface area (Å²) in [5, 5.41) is 12.1. The molecule has 0 aromatic heterocycles. The van der Waals surface area contributed by atoms with Crippen LogP contribution < -0.4 is 10.6 Å². The van der Waals surface area contributed by atoms with Gasteiger partial charge in [-0.05, 0) is 36.8 Å². The number of rotatable bonds is 2. The smallest absolute Gasteiger partial charge is 0.172 e. The second-order valence-corrected chi connectivity index (χ2v) is 5.65. The zero-order chi connectivity index (χ0) is 14.0. The van der Waals surface area contributed by atoms with Gasteiger partial charge in [0.05, 0.1) is 5.69 Å². The Bertz CT molecular complexity index is 484. The molecule has 0 radical (unpaired) electrons. The van der Waals surface area contributed by atoms with E-state index in [1.807, 2.05) is 12.1 Å². The SMILES string of the molecule is Cc1cccc(/C(N)=N/O)c1N1CCC(C)C(C)C1. The minimum absolute atomic E-state index is 0.185. The number of amidine groups is 1. The summed E-state index contributed by atoms with van der Waals surface area (Å²) < 4.78 is 0. The zero-order valence-corrected chi connectivity index (χ0v) is 11.9. The van der Waals surface area contributed by atoms with Crippen molar-refractivity contribution in [1.29, 1.82) is 0 Å². The Morgan fingerprint density at radius 1 is 1.37 bits per heavy atom. The van der Waals surface area contributed by atoms with E-state index in [1.165, 1.54) is 12.0 Å². The summed E-state index contributed by atoms with van der Waals surface area (Å²) >= 11 is 0. The number of nitrogens with zero attached hydrogens (tertiary/aromatic N) is 2. The molecule has 2 rings (SSSR count). The molecular formula is C15H23N3O. The standard InChI is InChI=1S/C15H23N3O/c1-10-7-8-18(9-12(10)3)14-11(2)5-4-6-13(14)15(16)17-19/h4-6,10,12,19H,7-9H2,1-3H3,(H2,16,17). The number of benzene rings is 1. The van der Waals surface area contributed by atoms with Crippen molar-refractivity contribution in [3.63, 3.8) is 0 Å². The molecule has 4 heteroatoms. The third-order valence-electron chi connectivity index (χ3n) is 4.27. The van der Waals surface area contributed by atoms with Crippen molar-refractivity contribution in [2.75, 3.05) is 18.0 Å². The average Bonchev–Trinajstić information content (AvgIpc) is 2.41. The minimum Gasteiger partial charge on any atom is -0.409 e. The van der Waals surface area contributed by atoms with E-state index in [-0.39, 0.29) is 5.84 Å². The Morgan fingerprint density at radius 3 is 2.74 bits per heavy atom. The molecular weight excluding hydrogens is 238 g/mol. The van der Waals surface area contributed by atoms with Gasteiger partial charge in [-0.15, -0.1) is 0 Å². The maximum absolute atomic E-state index is 8.94. The van der Waals surface area contributed by atoms with Gasteiger partial charge in [-0.2, -0.15) is 0 Å². The Hall–Kier alpha value is -1.71. The van der Waals surface area contributed by atoms with Gasteiger partial charge < -0.3 is 15.8 Å². The molecule has 1 aliphatic heterocycles. The quantitative estimate of drug-likeness (QED) is 0.372. The number of piperidine rings is 1. The summed E-state index contributed by atoms with van der Waals surface area (Å²) in [6.45, 7) is 8.73. The van der Waals surface area contributed by atoms with E-state index in [2.05, 4.69) is 36.9 Å². The van der Waals surface area contributed by atoms with E-state index in [9.17, 15) is 0 Å². The first-order chi connectivity index (χ1) is 9.04. The van der Waals surface area contributed by atoms with Gasteiger partial charge in [0.25, 0.3) is 0 Å². The Kier molecular flexibility index (Phi) is 3.98. The normalized spacial score (nSPS) is 24.6. The minimum atomic E-state index is 0.185. The van der Waals surface area contributed by atoms with Gasteiger partial charge in [0.1, 0.15) is 0 Å². The van der Waals surface area contributed by atoms with Crippen LogP contribution in [0.4, 0.5) is 5.69 Å². The lowest BCUT2D eigenvalue weighted by molar-refractivity contribution is 0.318. The second-order valence-electron chi connectivity index (χ2n) is 5.65. The second kappa shape index (κ2) is 5.51. The molecule has 4 nitrogen and oxygen atoms in total.